The van der Waals surface area contributed by atoms with E-state index in [9.17, 15) is 14.8 Å². The van der Waals surface area contributed by atoms with Gasteiger partial charge in [0, 0.05) is 25.2 Å². The summed E-state index contributed by atoms with van der Waals surface area (Å²) >= 11 is 0. The number of esters is 2. The largest absolute Gasteiger partial charge is 0.463 e. The van der Waals surface area contributed by atoms with E-state index in [1.54, 1.807) is 0 Å². The zero-order valence-electron chi connectivity index (χ0n) is 18.1. The lowest BCUT2D eigenvalue weighted by molar-refractivity contribution is -0.157. The van der Waals surface area contributed by atoms with E-state index in [1.165, 1.54) is 13.8 Å². The first-order chi connectivity index (χ1) is 13.7. The second-order valence-electron chi connectivity index (χ2n) is 10.5. The van der Waals surface area contributed by atoms with Crippen LogP contribution in [-0.4, -0.2) is 35.1 Å². The van der Waals surface area contributed by atoms with Gasteiger partial charge < -0.3 is 14.7 Å². The normalized spacial score (nSPS) is 47.7. The van der Waals surface area contributed by atoms with Crippen LogP contribution in [0.3, 0.4) is 0 Å². The topological polar surface area (TPSA) is 85.2 Å². The summed E-state index contributed by atoms with van der Waals surface area (Å²) in [5, 5.41) is 13.9. The predicted octanol–water partition coefficient (Wildman–Crippen LogP) is 4.33. The van der Waals surface area contributed by atoms with E-state index in [-0.39, 0.29) is 40.9 Å². The minimum atomic E-state index is -0.221. The fourth-order valence-electron chi connectivity index (χ4n) is 7.86. The second-order valence-corrected chi connectivity index (χ2v) is 10.5. The van der Waals surface area contributed by atoms with E-state index < -0.39 is 0 Å². The van der Waals surface area contributed by atoms with Crippen LogP contribution in [0.1, 0.15) is 79.1 Å². The molecule has 0 aromatic heterocycles. The lowest BCUT2D eigenvalue weighted by Gasteiger charge is -2.60. The van der Waals surface area contributed by atoms with Crippen LogP contribution in [0.15, 0.2) is 5.16 Å². The Morgan fingerprint density at radius 1 is 1.00 bits per heavy atom. The third kappa shape index (κ3) is 3.27. The number of hydrogen-bond donors (Lipinski definition) is 1. The number of ether oxygens (including phenoxy) is 2. The van der Waals surface area contributed by atoms with Crippen LogP contribution in [0.5, 0.6) is 0 Å². The molecule has 6 heteroatoms. The number of carbonyl (C=O) groups is 2. The number of nitrogens with zero attached hydrogens (tertiary/aromatic N) is 1. The van der Waals surface area contributed by atoms with Crippen LogP contribution in [0, 0.1) is 34.5 Å². The molecule has 0 aliphatic heterocycles. The summed E-state index contributed by atoms with van der Waals surface area (Å²) in [5.41, 5.74) is 0.820. The molecule has 4 rings (SSSR count). The molecular weight excluding hydrogens is 370 g/mol. The molecule has 0 saturated heterocycles. The minimum Gasteiger partial charge on any atom is -0.463 e. The summed E-state index contributed by atoms with van der Waals surface area (Å²) in [6.45, 7) is 7.57. The first-order valence-corrected chi connectivity index (χ1v) is 11.2. The molecule has 0 heterocycles. The summed E-state index contributed by atoms with van der Waals surface area (Å²) in [7, 11) is 0. The van der Waals surface area contributed by atoms with Gasteiger partial charge in [0.2, 0.25) is 0 Å². The van der Waals surface area contributed by atoms with Crippen LogP contribution in [0.25, 0.3) is 0 Å². The van der Waals surface area contributed by atoms with Crippen molar-refractivity contribution in [1.29, 1.82) is 0 Å². The monoisotopic (exact) mass is 405 g/mol. The fourth-order valence-corrected chi connectivity index (χ4v) is 7.86. The Morgan fingerprint density at radius 2 is 1.72 bits per heavy atom. The molecule has 162 valence electrons. The van der Waals surface area contributed by atoms with Gasteiger partial charge in [-0.05, 0) is 74.5 Å². The third-order valence-electron chi connectivity index (χ3n) is 9.00. The van der Waals surface area contributed by atoms with Crippen molar-refractivity contribution in [2.24, 2.45) is 39.7 Å². The number of fused-ring (bicyclic) bond motifs is 5. The van der Waals surface area contributed by atoms with E-state index in [0.717, 1.165) is 50.7 Å². The Hall–Kier alpha value is -1.59. The van der Waals surface area contributed by atoms with Crippen molar-refractivity contribution in [2.75, 3.05) is 0 Å². The zero-order valence-corrected chi connectivity index (χ0v) is 18.1. The van der Waals surface area contributed by atoms with Crippen molar-refractivity contribution < 1.29 is 24.3 Å². The molecule has 4 aliphatic carbocycles. The van der Waals surface area contributed by atoms with Gasteiger partial charge in [-0.1, -0.05) is 19.0 Å². The molecule has 4 fully saturated rings. The van der Waals surface area contributed by atoms with E-state index in [0.29, 0.717) is 24.2 Å². The summed E-state index contributed by atoms with van der Waals surface area (Å²) in [6.07, 6.45) is 7.61. The summed E-state index contributed by atoms with van der Waals surface area (Å²) < 4.78 is 11.3. The number of oxime groups is 1. The maximum Gasteiger partial charge on any atom is 0.302 e. The molecule has 0 unspecified atom stereocenters. The van der Waals surface area contributed by atoms with Crippen LogP contribution < -0.4 is 0 Å². The Bertz CT molecular complexity index is 720. The molecule has 0 spiro atoms. The SMILES string of the molecule is CC(=O)O[C@H]1CC[C@@]2(C)[C@H](CC[C@H]3[C@H]4CC[C@H](OC(C)=O)[C@]4(C)CC(=NO)[C@@H]32)C1. The summed E-state index contributed by atoms with van der Waals surface area (Å²) in [5.74, 6) is 1.28. The van der Waals surface area contributed by atoms with Gasteiger partial charge in [-0.15, -0.1) is 0 Å². The average Bonchev–Trinajstić information content (AvgIpc) is 2.96. The molecule has 0 aromatic carbocycles. The second kappa shape index (κ2) is 7.28. The van der Waals surface area contributed by atoms with Crippen molar-refractivity contribution in [2.45, 2.75) is 91.3 Å². The molecule has 4 aliphatic rings. The third-order valence-corrected chi connectivity index (χ3v) is 9.00. The molecule has 0 aromatic rings. The number of rotatable bonds is 2. The van der Waals surface area contributed by atoms with Crippen LogP contribution in [0.2, 0.25) is 0 Å². The Morgan fingerprint density at radius 3 is 2.38 bits per heavy atom. The van der Waals surface area contributed by atoms with Crippen molar-refractivity contribution >= 4 is 17.7 Å². The molecule has 6 nitrogen and oxygen atoms in total. The van der Waals surface area contributed by atoms with Crippen molar-refractivity contribution in [3.63, 3.8) is 0 Å². The van der Waals surface area contributed by atoms with Gasteiger partial charge in [0.05, 0.1) is 5.71 Å². The smallest absolute Gasteiger partial charge is 0.302 e. The maximum atomic E-state index is 11.7. The van der Waals surface area contributed by atoms with Crippen molar-refractivity contribution in [3.05, 3.63) is 0 Å². The molecule has 4 saturated carbocycles. The van der Waals surface area contributed by atoms with Gasteiger partial charge in [0.15, 0.2) is 0 Å². The predicted molar refractivity (Wildman–Crippen MR) is 107 cm³/mol. The fraction of sp³-hybridized carbons (Fsp3) is 0.870. The molecule has 1 N–H and O–H groups in total. The van der Waals surface area contributed by atoms with Gasteiger partial charge in [0.25, 0.3) is 0 Å². The van der Waals surface area contributed by atoms with Crippen LogP contribution >= 0.6 is 0 Å². The zero-order chi connectivity index (χ0) is 21.0. The van der Waals surface area contributed by atoms with Crippen molar-refractivity contribution in [1.82, 2.24) is 0 Å². The van der Waals surface area contributed by atoms with Gasteiger partial charge in [-0.25, -0.2) is 0 Å². The van der Waals surface area contributed by atoms with E-state index >= 15 is 0 Å². The number of carbonyl (C=O) groups excluding carboxylic acids is 2. The van der Waals surface area contributed by atoms with E-state index in [2.05, 4.69) is 19.0 Å². The first kappa shape index (κ1) is 20.7. The maximum absolute atomic E-state index is 11.7. The minimum absolute atomic E-state index is 0.0188. The van der Waals surface area contributed by atoms with E-state index in [1.807, 2.05) is 0 Å². The average molecular weight is 406 g/mol. The van der Waals surface area contributed by atoms with Gasteiger partial charge in [0.1, 0.15) is 12.2 Å². The highest BCUT2D eigenvalue weighted by atomic mass is 16.5. The summed E-state index contributed by atoms with van der Waals surface area (Å²) in [4.78, 5) is 23.1. The van der Waals surface area contributed by atoms with Gasteiger partial charge >= 0.3 is 11.9 Å². The summed E-state index contributed by atoms with van der Waals surface area (Å²) in [6, 6.07) is 0. The standard InChI is InChI=1S/C23H35NO5/c1-13(25)28-16-9-10-22(3)15(11-16)5-6-17-18-7-8-20(29-14(2)26)23(18,4)12-19(24-27)21(17)22/h15-18,20-21,27H,5-12H2,1-4H3/t15-,16+,17+,18-,20+,21-,22+,23-/m1/s1. The molecule has 0 amide bonds. The van der Waals surface area contributed by atoms with E-state index in [4.69, 9.17) is 9.47 Å². The van der Waals surface area contributed by atoms with Crippen LogP contribution in [-0.2, 0) is 19.1 Å². The highest BCUT2D eigenvalue weighted by molar-refractivity contribution is 5.89. The quantitative estimate of drug-likeness (QED) is 0.420. The molecule has 29 heavy (non-hydrogen) atoms. The lowest BCUT2D eigenvalue weighted by Crippen LogP contribution is -2.58. The highest BCUT2D eigenvalue weighted by Gasteiger charge is 2.63. The Kier molecular flexibility index (Phi) is 5.19. The van der Waals surface area contributed by atoms with Gasteiger partial charge in [-0.2, -0.15) is 0 Å². The molecular formula is C23H35NO5. The molecule has 0 radical (unpaired) electrons. The first-order valence-electron chi connectivity index (χ1n) is 11.2. The lowest BCUT2D eigenvalue weighted by atomic mass is 9.44. The Labute approximate surface area is 173 Å². The highest BCUT2D eigenvalue weighted by Crippen LogP contribution is 2.65. The molecule has 8 atom stereocenters. The Balaban J connectivity index is 1.61. The molecule has 0 bridgehead atoms. The number of hydrogen-bond acceptors (Lipinski definition) is 6. The van der Waals surface area contributed by atoms with Crippen LogP contribution in [0.4, 0.5) is 0 Å². The van der Waals surface area contributed by atoms with Gasteiger partial charge in [-0.3, -0.25) is 9.59 Å². The van der Waals surface area contributed by atoms with Crippen molar-refractivity contribution in [3.8, 4) is 0 Å².